The molecule has 0 saturated carbocycles. The highest BCUT2D eigenvalue weighted by Crippen LogP contribution is 2.27. The van der Waals surface area contributed by atoms with E-state index >= 15 is 0 Å². The van der Waals surface area contributed by atoms with Crippen LogP contribution in [0.3, 0.4) is 0 Å². The van der Waals surface area contributed by atoms with Crippen molar-refractivity contribution in [3.63, 3.8) is 0 Å². The van der Waals surface area contributed by atoms with E-state index in [-0.39, 0.29) is 4.90 Å². The van der Waals surface area contributed by atoms with E-state index in [1.807, 2.05) is 4.72 Å². The summed E-state index contributed by atoms with van der Waals surface area (Å²) in [6.45, 7) is 9.95. The zero-order valence-electron chi connectivity index (χ0n) is 19.2. The fraction of sp³-hybridized carbons (Fsp3) is 0.700. The highest BCUT2D eigenvalue weighted by Gasteiger charge is 2.19. The standard InChI is InChI=1S/C20H37N4O7PS/c1-17(25)13-22-7-8-23(14-18(2)26)10-12-24(11-9-22)15-19-3-5-20(6-4-19)33(30,31)21-16-32(27,28)29/h3-6,17-18,21,25-26H,7-16H2,1-2H3,(H2,27,28,29)/p-1/t17-,18-/m0/s1. The Morgan fingerprint density at radius 2 is 1.36 bits per heavy atom. The molecule has 0 aliphatic carbocycles. The van der Waals surface area contributed by atoms with Crippen molar-refractivity contribution in [1.29, 1.82) is 0 Å². The minimum Gasteiger partial charge on any atom is -0.778 e. The molecule has 1 aromatic rings. The van der Waals surface area contributed by atoms with Crippen molar-refractivity contribution >= 4 is 17.6 Å². The molecule has 4 N–H and O–H groups in total. The van der Waals surface area contributed by atoms with Gasteiger partial charge in [0.1, 0.15) is 7.60 Å². The molecule has 1 aliphatic rings. The minimum atomic E-state index is -4.74. The van der Waals surface area contributed by atoms with E-state index in [9.17, 15) is 28.1 Å². The van der Waals surface area contributed by atoms with Crippen molar-refractivity contribution in [2.24, 2.45) is 0 Å². The molecule has 13 heteroatoms. The second-order valence-electron chi connectivity index (χ2n) is 8.66. The maximum atomic E-state index is 12.2. The third-order valence-electron chi connectivity index (χ3n) is 5.34. The maximum Gasteiger partial charge on any atom is 0.241 e. The van der Waals surface area contributed by atoms with Crippen LogP contribution < -0.4 is 9.62 Å². The Bertz CT molecular complexity index is 855. The summed E-state index contributed by atoms with van der Waals surface area (Å²) >= 11 is 0. The lowest BCUT2D eigenvalue weighted by atomic mass is 10.2. The maximum absolute atomic E-state index is 12.2. The van der Waals surface area contributed by atoms with E-state index in [1.165, 1.54) is 12.1 Å². The first-order chi connectivity index (χ1) is 15.3. The van der Waals surface area contributed by atoms with Crippen LogP contribution in [0.5, 0.6) is 0 Å². The molecule has 190 valence electrons. The summed E-state index contributed by atoms with van der Waals surface area (Å²) < 4.78 is 37.1. The summed E-state index contributed by atoms with van der Waals surface area (Å²) in [5, 5.41) is 19.6. The van der Waals surface area contributed by atoms with Gasteiger partial charge in [-0.05, 0) is 31.5 Å². The predicted molar refractivity (Wildman–Crippen MR) is 123 cm³/mol. The third-order valence-corrected chi connectivity index (χ3v) is 7.53. The number of β-amino-alcohol motifs (C(OH)–C–C–N with tert-alkyl or cyclic N) is 2. The molecule has 1 saturated heterocycles. The molecule has 0 aromatic heterocycles. The number of nitrogens with zero attached hydrogens (tertiary/aromatic N) is 3. The SMILES string of the molecule is C[C@H](O)CN1CCN(Cc2ccc(S(=O)(=O)NCP(=O)([O-])O)cc2)CCN(C[C@H](C)O)CC1. The highest BCUT2D eigenvalue weighted by molar-refractivity contribution is 7.89. The predicted octanol–water partition coefficient (Wildman–Crippen LogP) is -1.35. The van der Waals surface area contributed by atoms with Gasteiger partial charge >= 0.3 is 0 Å². The Kier molecular flexibility index (Phi) is 10.9. The largest absolute Gasteiger partial charge is 0.778 e. The second kappa shape index (κ2) is 12.7. The molecule has 1 unspecified atom stereocenters. The first kappa shape index (κ1) is 28.3. The summed E-state index contributed by atoms with van der Waals surface area (Å²) in [4.78, 5) is 26.2. The van der Waals surface area contributed by atoms with Crippen molar-refractivity contribution in [2.75, 3.05) is 58.6 Å². The lowest BCUT2D eigenvalue weighted by Gasteiger charge is -2.27. The molecule has 33 heavy (non-hydrogen) atoms. The van der Waals surface area contributed by atoms with Gasteiger partial charge in [0.05, 0.1) is 23.4 Å². The van der Waals surface area contributed by atoms with Gasteiger partial charge in [-0.15, -0.1) is 0 Å². The van der Waals surface area contributed by atoms with Gasteiger partial charge < -0.3 is 24.6 Å². The summed E-state index contributed by atoms with van der Waals surface area (Å²) in [5.74, 6) is 0. The van der Waals surface area contributed by atoms with Crippen molar-refractivity contribution < 1.29 is 33.0 Å². The van der Waals surface area contributed by atoms with Gasteiger partial charge in [0.25, 0.3) is 0 Å². The summed E-state index contributed by atoms with van der Waals surface area (Å²) in [7, 11) is -8.80. The van der Waals surface area contributed by atoms with Crippen LogP contribution in [-0.2, 0) is 21.1 Å². The molecule has 11 nitrogen and oxygen atoms in total. The Morgan fingerprint density at radius 3 is 1.76 bits per heavy atom. The molecular weight excluding hydrogens is 471 g/mol. The number of aliphatic hydroxyl groups is 2. The van der Waals surface area contributed by atoms with Crippen LogP contribution in [-0.4, -0.2) is 109 Å². The lowest BCUT2D eigenvalue weighted by Crippen LogP contribution is -2.41. The second-order valence-corrected chi connectivity index (χ2v) is 12.0. The van der Waals surface area contributed by atoms with Gasteiger partial charge in [-0.2, -0.15) is 0 Å². The van der Waals surface area contributed by atoms with Gasteiger partial charge in [-0.1, -0.05) is 12.1 Å². The van der Waals surface area contributed by atoms with Crippen molar-refractivity contribution in [1.82, 2.24) is 19.4 Å². The molecule has 0 amide bonds. The zero-order valence-corrected chi connectivity index (χ0v) is 20.9. The van der Waals surface area contributed by atoms with E-state index in [1.54, 1.807) is 26.0 Å². The zero-order chi connectivity index (χ0) is 24.6. The van der Waals surface area contributed by atoms with Crippen LogP contribution in [0.4, 0.5) is 0 Å². The number of hydrogen-bond acceptors (Lipinski definition) is 9. The third kappa shape index (κ3) is 10.9. The Labute approximate surface area is 196 Å². The molecule has 0 bridgehead atoms. The van der Waals surface area contributed by atoms with Gasteiger partial charge in [0.2, 0.25) is 10.0 Å². The monoisotopic (exact) mass is 507 g/mol. The van der Waals surface area contributed by atoms with E-state index in [4.69, 9.17) is 4.89 Å². The molecule has 1 aliphatic heterocycles. The topological polar surface area (TPSA) is 157 Å². The quantitative estimate of drug-likeness (QED) is 0.279. The minimum absolute atomic E-state index is 0.0876. The Hall–Kier alpha value is -0.920. The molecule has 2 rings (SSSR count). The molecule has 3 atom stereocenters. The first-order valence-electron chi connectivity index (χ1n) is 11.0. The fourth-order valence-corrected chi connectivity index (χ4v) is 5.73. The Balaban J connectivity index is 2.06. The summed E-state index contributed by atoms with van der Waals surface area (Å²) in [6.07, 6.45) is -1.93. The van der Waals surface area contributed by atoms with Crippen molar-refractivity contribution in [3.8, 4) is 0 Å². The van der Waals surface area contributed by atoms with Crippen LogP contribution in [0, 0.1) is 0 Å². The van der Waals surface area contributed by atoms with E-state index in [0.29, 0.717) is 19.6 Å². The van der Waals surface area contributed by atoms with E-state index in [0.717, 1.165) is 44.8 Å². The molecule has 0 spiro atoms. The van der Waals surface area contributed by atoms with Crippen LogP contribution in [0.15, 0.2) is 29.2 Å². The van der Waals surface area contributed by atoms with Crippen LogP contribution in [0.25, 0.3) is 0 Å². The van der Waals surface area contributed by atoms with Gasteiger partial charge in [-0.3, -0.25) is 14.7 Å². The van der Waals surface area contributed by atoms with E-state index < -0.39 is 36.1 Å². The molecule has 0 radical (unpaired) electrons. The van der Waals surface area contributed by atoms with Crippen molar-refractivity contribution in [3.05, 3.63) is 29.8 Å². The number of hydrogen-bond donors (Lipinski definition) is 4. The highest BCUT2D eigenvalue weighted by atomic mass is 32.2. The number of benzene rings is 1. The van der Waals surface area contributed by atoms with Gasteiger partial charge in [0, 0.05) is 58.9 Å². The average molecular weight is 508 g/mol. The number of aliphatic hydroxyl groups excluding tert-OH is 2. The fourth-order valence-electron chi connectivity index (χ4n) is 3.74. The first-order valence-corrected chi connectivity index (χ1v) is 14.2. The van der Waals surface area contributed by atoms with Crippen LogP contribution >= 0.6 is 7.60 Å². The van der Waals surface area contributed by atoms with Gasteiger partial charge in [0.15, 0.2) is 0 Å². The molecule has 1 heterocycles. The number of sulfonamides is 1. The van der Waals surface area contributed by atoms with Crippen LogP contribution in [0.1, 0.15) is 19.4 Å². The van der Waals surface area contributed by atoms with Crippen LogP contribution in [0.2, 0.25) is 0 Å². The molecule has 1 fully saturated rings. The molecule has 1 aromatic carbocycles. The Morgan fingerprint density at radius 1 is 0.939 bits per heavy atom. The number of rotatable bonds is 10. The normalized spacial score (nSPS) is 21.5. The number of nitrogens with one attached hydrogen (secondary N) is 1. The average Bonchev–Trinajstić information content (AvgIpc) is 2.78. The molecular formula is C20H36N4O7PS-. The van der Waals surface area contributed by atoms with Crippen molar-refractivity contribution in [2.45, 2.75) is 37.5 Å². The smallest absolute Gasteiger partial charge is 0.241 e. The van der Waals surface area contributed by atoms with E-state index in [2.05, 4.69) is 14.7 Å². The summed E-state index contributed by atoms with van der Waals surface area (Å²) in [6, 6.07) is 6.16. The lowest BCUT2D eigenvalue weighted by molar-refractivity contribution is -0.193. The summed E-state index contributed by atoms with van der Waals surface area (Å²) in [5.41, 5.74) is 0.897. The van der Waals surface area contributed by atoms with Gasteiger partial charge in [-0.25, -0.2) is 13.1 Å².